The molecule has 1 atom stereocenters. The summed E-state index contributed by atoms with van der Waals surface area (Å²) in [5.74, 6) is -0.133. The first kappa shape index (κ1) is 12.4. The molecule has 0 heterocycles. The Hall–Kier alpha value is -1.09. The molecule has 1 aromatic carbocycles. The minimum absolute atomic E-state index is 0.0135. The van der Waals surface area contributed by atoms with Crippen LogP contribution < -0.4 is 10.6 Å². The zero-order valence-electron chi connectivity index (χ0n) is 10.6. The third kappa shape index (κ3) is 2.60. The van der Waals surface area contributed by atoms with Crippen LogP contribution in [0.3, 0.4) is 0 Å². The highest BCUT2D eigenvalue weighted by atomic mass is 19.1. The summed E-state index contributed by atoms with van der Waals surface area (Å²) in [4.78, 5) is 2.21. The number of hydrogen-bond donors (Lipinski definition) is 1. The van der Waals surface area contributed by atoms with Crippen LogP contribution in [0, 0.1) is 5.82 Å². The fourth-order valence-corrected chi connectivity index (χ4v) is 2.37. The van der Waals surface area contributed by atoms with Gasteiger partial charge in [-0.1, -0.05) is 6.07 Å². The molecular formula is C14H21FN2. The van der Waals surface area contributed by atoms with Gasteiger partial charge in [0, 0.05) is 30.4 Å². The predicted molar refractivity (Wildman–Crippen MR) is 69.8 cm³/mol. The predicted octanol–water partition coefficient (Wildman–Crippen LogP) is 2.70. The Balaban J connectivity index is 2.27. The molecule has 94 valence electrons. The lowest BCUT2D eigenvalue weighted by molar-refractivity contribution is 0.400. The van der Waals surface area contributed by atoms with E-state index in [1.54, 1.807) is 6.07 Å². The first-order chi connectivity index (χ1) is 8.09. The minimum atomic E-state index is -0.133. The van der Waals surface area contributed by atoms with Gasteiger partial charge < -0.3 is 10.6 Å². The molecule has 0 saturated heterocycles. The van der Waals surface area contributed by atoms with Crippen LogP contribution in [0.25, 0.3) is 0 Å². The normalized spacial score (nSPS) is 17.6. The Morgan fingerprint density at radius 3 is 2.71 bits per heavy atom. The van der Waals surface area contributed by atoms with Gasteiger partial charge in [-0.15, -0.1) is 0 Å². The molecule has 0 spiro atoms. The van der Waals surface area contributed by atoms with Crippen LogP contribution in [0.1, 0.15) is 31.7 Å². The fraction of sp³-hybridized carbons (Fsp3) is 0.571. The summed E-state index contributed by atoms with van der Waals surface area (Å²) < 4.78 is 13.9. The number of nitrogens with two attached hydrogens (primary N) is 1. The van der Waals surface area contributed by atoms with E-state index >= 15 is 0 Å². The Labute approximate surface area is 103 Å². The van der Waals surface area contributed by atoms with Crippen LogP contribution in [0.4, 0.5) is 10.1 Å². The number of anilines is 1. The van der Waals surface area contributed by atoms with Gasteiger partial charge in [0.15, 0.2) is 0 Å². The van der Waals surface area contributed by atoms with Gasteiger partial charge in [0.1, 0.15) is 5.82 Å². The zero-order chi connectivity index (χ0) is 12.4. The molecule has 0 bridgehead atoms. The first-order valence-corrected chi connectivity index (χ1v) is 6.35. The summed E-state index contributed by atoms with van der Waals surface area (Å²) in [7, 11) is 2.06. The van der Waals surface area contributed by atoms with Gasteiger partial charge >= 0.3 is 0 Å². The molecule has 0 amide bonds. The smallest absolute Gasteiger partial charge is 0.128 e. The van der Waals surface area contributed by atoms with Crippen LogP contribution in [-0.4, -0.2) is 19.1 Å². The van der Waals surface area contributed by atoms with E-state index in [2.05, 4.69) is 11.9 Å². The molecule has 1 aromatic rings. The summed E-state index contributed by atoms with van der Waals surface area (Å²) in [6.07, 6.45) is 4.31. The second-order valence-corrected chi connectivity index (χ2v) is 5.11. The molecule has 1 unspecified atom stereocenters. The van der Waals surface area contributed by atoms with E-state index in [0.29, 0.717) is 12.5 Å². The van der Waals surface area contributed by atoms with Crippen LogP contribution in [0.2, 0.25) is 0 Å². The molecule has 2 N–H and O–H groups in total. The molecule has 0 aromatic heterocycles. The summed E-state index contributed by atoms with van der Waals surface area (Å²) in [5, 5.41) is 0. The Bertz CT molecular complexity index is 386. The van der Waals surface area contributed by atoms with Crippen molar-refractivity contribution in [2.24, 2.45) is 5.73 Å². The van der Waals surface area contributed by atoms with Gasteiger partial charge in [-0.05, 0) is 44.7 Å². The van der Waals surface area contributed by atoms with Gasteiger partial charge in [-0.25, -0.2) is 4.39 Å². The topological polar surface area (TPSA) is 29.3 Å². The minimum Gasteiger partial charge on any atom is -0.371 e. The molecule has 2 rings (SSSR count). The van der Waals surface area contributed by atoms with E-state index in [0.717, 1.165) is 11.3 Å². The molecule has 1 aliphatic carbocycles. The van der Waals surface area contributed by atoms with Crippen molar-refractivity contribution in [2.75, 3.05) is 11.9 Å². The highest BCUT2D eigenvalue weighted by molar-refractivity contribution is 5.55. The highest BCUT2D eigenvalue weighted by Gasteiger charge is 2.24. The van der Waals surface area contributed by atoms with Crippen molar-refractivity contribution in [3.63, 3.8) is 0 Å². The summed E-state index contributed by atoms with van der Waals surface area (Å²) in [5.41, 5.74) is 7.57. The Kier molecular flexibility index (Phi) is 3.67. The molecule has 0 radical (unpaired) electrons. The quantitative estimate of drug-likeness (QED) is 0.871. The van der Waals surface area contributed by atoms with Crippen molar-refractivity contribution in [1.82, 2.24) is 0 Å². The van der Waals surface area contributed by atoms with E-state index in [1.807, 2.05) is 13.0 Å². The molecule has 2 nitrogen and oxygen atoms in total. The second-order valence-electron chi connectivity index (χ2n) is 5.11. The maximum atomic E-state index is 13.9. The van der Waals surface area contributed by atoms with Crippen molar-refractivity contribution in [2.45, 2.75) is 44.7 Å². The molecule has 3 heteroatoms. The zero-order valence-corrected chi connectivity index (χ0v) is 10.6. The van der Waals surface area contributed by atoms with Crippen LogP contribution >= 0.6 is 0 Å². The molecule has 1 saturated carbocycles. The monoisotopic (exact) mass is 236 g/mol. The van der Waals surface area contributed by atoms with Crippen molar-refractivity contribution < 1.29 is 4.39 Å². The number of halogens is 1. The van der Waals surface area contributed by atoms with Gasteiger partial charge in [-0.3, -0.25) is 0 Å². The molecule has 0 aliphatic heterocycles. The molecule has 17 heavy (non-hydrogen) atoms. The van der Waals surface area contributed by atoms with Crippen LogP contribution in [0.15, 0.2) is 18.2 Å². The summed E-state index contributed by atoms with van der Waals surface area (Å²) in [6.45, 7) is 1.92. The number of nitrogens with zero attached hydrogens (tertiary/aromatic N) is 1. The number of rotatable bonds is 4. The van der Waals surface area contributed by atoms with Crippen molar-refractivity contribution in [3.8, 4) is 0 Å². The van der Waals surface area contributed by atoms with Gasteiger partial charge in [-0.2, -0.15) is 0 Å². The van der Waals surface area contributed by atoms with E-state index in [1.165, 1.54) is 25.3 Å². The summed E-state index contributed by atoms with van der Waals surface area (Å²) >= 11 is 0. The lowest BCUT2D eigenvalue weighted by Crippen LogP contribution is -2.38. The third-order valence-electron chi connectivity index (χ3n) is 3.62. The largest absolute Gasteiger partial charge is 0.371 e. The van der Waals surface area contributed by atoms with E-state index in [9.17, 15) is 4.39 Å². The number of hydrogen-bond acceptors (Lipinski definition) is 2. The lowest BCUT2D eigenvalue weighted by Gasteiger charge is -2.37. The average Bonchev–Trinajstić information content (AvgIpc) is 2.17. The van der Waals surface area contributed by atoms with E-state index in [4.69, 9.17) is 5.73 Å². The third-order valence-corrected chi connectivity index (χ3v) is 3.62. The van der Waals surface area contributed by atoms with E-state index in [-0.39, 0.29) is 11.9 Å². The Morgan fingerprint density at radius 1 is 1.47 bits per heavy atom. The SMILES string of the molecule is CC(N)Cc1c(F)cccc1N(C)C1CCC1. The maximum Gasteiger partial charge on any atom is 0.128 e. The van der Waals surface area contributed by atoms with Gasteiger partial charge in [0.25, 0.3) is 0 Å². The van der Waals surface area contributed by atoms with E-state index < -0.39 is 0 Å². The van der Waals surface area contributed by atoms with Crippen molar-refractivity contribution >= 4 is 5.69 Å². The molecule has 1 aliphatic rings. The molecular weight excluding hydrogens is 215 g/mol. The van der Waals surface area contributed by atoms with Crippen molar-refractivity contribution in [1.29, 1.82) is 0 Å². The van der Waals surface area contributed by atoms with Crippen molar-refractivity contribution in [3.05, 3.63) is 29.6 Å². The van der Waals surface area contributed by atoms with Crippen LogP contribution in [0.5, 0.6) is 0 Å². The second kappa shape index (κ2) is 5.05. The average molecular weight is 236 g/mol. The van der Waals surface area contributed by atoms with Gasteiger partial charge in [0.05, 0.1) is 0 Å². The highest BCUT2D eigenvalue weighted by Crippen LogP contribution is 2.31. The fourth-order valence-electron chi connectivity index (χ4n) is 2.37. The van der Waals surface area contributed by atoms with Crippen LogP contribution in [-0.2, 0) is 6.42 Å². The first-order valence-electron chi connectivity index (χ1n) is 6.35. The lowest BCUT2D eigenvalue weighted by atomic mass is 9.90. The maximum absolute atomic E-state index is 13.9. The molecule has 1 fully saturated rings. The standard InChI is InChI=1S/C14H21FN2/c1-10(16)9-12-13(15)7-4-8-14(12)17(2)11-5-3-6-11/h4,7-8,10-11H,3,5-6,9,16H2,1-2H3. The number of benzene rings is 1. The summed E-state index contributed by atoms with van der Waals surface area (Å²) in [6, 6.07) is 5.86. The van der Waals surface area contributed by atoms with Gasteiger partial charge in [0.2, 0.25) is 0 Å². The Morgan fingerprint density at radius 2 is 2.18 bits per heavy atom.